The Morgan fingerprint density at radius 2 is 1.79 bits per heavy atom. The molecule has 28 heavy (non-hydrogen) atoms. The van der Waals surface area contributed by atoms with Crippen molar-refractivity contribution in [3.63, 3.8) is 0 Å². The highest BCUT2D eigenvalue weighted by Gasteiger charge is 2.38. The van der Waals surface area contributed by atoms with Crippen LogP contribution in [0.4, 0.5) is 0 Å². The van der Waals surface area contributed by atoms with Crippen molar-refractivity contribution in [1.82, 2.24) is 4.90 Å². The molecule has 0 aliphatic carbocycles. The third-order valence-electron chi connectivity index (χ3n) is 5.11. The molecule has 0 fully saturated rings. The molecule has 2 N–H and O–H groups in total. The number of amidine groups is 1. The van der Waals surface area contributed by atoms with Gasteiger partial charge in [-0.3, -0.25) is 4.99 Å². The number of carboxylic acids is 2. The van der Waals surface area contributed by atoms with Gasteiger partial charge >= 0.3 is 11.9 Å². The molecule has 2 aliphatic rings. The largest absolute Gasteiger partial charge is 0.478 e. The minimum atomic E-state index is -1.29. The van der Waals surface area contributed by atoms with Crippen LogP contribution < -0.4 is 0 Å². The summed E-state index contributed by atoms with van der Waals surface area (Å²) in [6, 6.07) is 14.9. The van der Waals surface area contributed by atoms with E-state index in [1.54, 1.807) is 0 Å². The van der Waals surface area contributed by atoms with E-state index >= 15 is 0 Å². The smallest absolute Gasteiger partial charge is 0.334 e. The SMILES string of the molecule is O=C(O)C=C(C(=O)O)C1CN2CC(c3ccc(Cl)cc3)c3ccccc3C2=N1. The molecule has 2 aliphatic heterocycles. The first-order chi connectivity index (χ1) is 13.4. The Bertz CT molecular complexity index is 1010. The number of rotatable bonds is 4. The number of aliphatic imine (C=N–C) groups is 1. The summed E-state index contributed by atoms with van der Waals surface area (Å²) in [6.07, 6.45) is 0.734. The van der Waals surface area contributed by atoms with Crippen LogP contribution in [0.15, 0.2) is 65.2 Å². The maximum absolute atomic E-state index is 11.6. The molecule has 7 heteroatoms. The van der Waals surface area contributed by atoms with E-state index in [0.717, 1.165) is 22.8 Å². The van der Waals surface area contributed by atoms with E-state index in [4.69, 9.17) is 16.7 Å². The molecular formula is C21H17ClN2O4. The average molecular weight is 397 g/mol. The van der Waals surface area contributed by atoms with Gasteiger partial charge in [-0.2, -0.15) is 0 Å². The second kappa shape index (κ2) is 7.13. The molecule has 0 aromatic heterocycles. The van der Waals surface area contributed by atoms with Crippen LogP contribution in [0.5, 0.6) is 0 Å². The van der Waals surface area contributed by atoms with E-state index in [1.807, 2.05) is 53.4 Å². The van der Waals surface area contributed by atoms with Crippen LogP contribution in [-0.4, -0.2) is 52.0 Å². The number of halogens is 1. The molecule has 0 saturated carbocycles. The minimum Gasteiger partial charge on any atom is -0.478 e. The zero-order valence-corrected chi connectivity index (χ0v) is 15.5. The standard InChI is InChI=1S/C21H17ClN2O4/c22-13-7-5-12(6-8-13)17-10-24-11-18(16(21(27)28)9-19(25)26)23-20(24)15-4-2-1-3-14(15)17/h1-9,17-18H,10-11H2,(H,25,26)(H,27,28). The summed E-state index contributed by atoms with van der Waals surface area (Å²) in [5.74, 6) is -1.76. The van der Waals surface area contributed by atoms with Crippen molar-refractivity contribution in [3.05, 3.63) is 81.9 Å². The Morgan fingerprint density at radius 3 is 2.46 bits per heavy atom. The van der Waals surface area contributed by atoms with Crippen molar-refractivity contribution >= 4 is 29.4 Å². The number of hydrogen-bond donors (Lipinski definition) is 2. The highest BCUT2D eigenvalue weighted by molar-refractivity contribution is 6.30. The monoisotopic (exact) mass is 396 g/mol. The molecule has 142 valence electrons. The summed E-state index contributed by atoms with van der Waals surface area (Å²) in [4.78, 5) is 29.2. The minimum absolute atomic E-state index is 0.0860. The lowest BCUT2D eigenvalue weighted by Crippen LogP contribution is -2.39. The van der Waals surface area contributed by atoms with E-state index in [9.17, 15) is 14.7 Å². The first-order valence-corrected chi connectivity index (χ1v) is 9.17. The Balaban J connectivity index is 1.75. The highest BCUT2D eigenvalue weighted by atomic mass is 35.5. The first kappa shape index (κ1) is 18.3. The second-order valence-electron chi connectivity index (χ2n) is 6.81. The fourth-order valence-electron chi connectivity index (χ4n) is 3.87. The summed E-state index contributed by atoms with van der Waals surface area (Å²) in [6.45, 7) is 0.965. The van der Waals surface area contributed by atoms with Gasteiger partial charge < -0.3 is 15.1 Å². The van der Waals surface area contributed by atoms with E-state index in [0.29, 0.717) is 23.9 Å². The Morgan fingerprint density at radius 1 is 1.07 bits per heavy atom. The van der Waals surface area contributed by atoms with Crippen molar-refractivity contribution in [2.45, 2.75) is 12.0 Å². The predicted octanol–water partition coefficient (Wildman–Crippen LogP) is 3.01. The highest BCUT2D eigenvalue weighted by Crippen LogP contribution is 2.37. The summed E-state index contributed by atoms with van der Waals surface area (Å²) < 4.78 is 0. The molecule has 6 nitrogen and oxygen atoms in total. The van der Waals surface area contributed by atoms with Gasteiger partial charge in [-0.1, -0.05) is 48.0 Å². The van der Waals surface area contributed by atoms with Crippen LogP contribution in [0.3, 0.4) is 0 Å². The van der Waals surface area contributed by atoms with Gasteiger partial charge in [-0.15, -0.1) is 0 Å². The molecule has 0 saturated heterocycles. The van der Waals surface area contributed by atoms with E-state index < -0.39 is 18.0 Å². The summed E-state index contributed by atoms with van der Waals surface area (Å²) in [5, 5.41) is 19.1. The van der Waals surface area contributed by atoms with Gasteiger partial charge in [0.1, 0.15) is 11.9 Å². The maximum atomic E-state index is 11.6. The van der Waals surface area contributed by atoms with Crippen LogP contribution >= 0.6 is 11.6 Å². The number of nitrogens with zero attached hydrogens (tertiary/aromatic N) is 2. The lowest BCUT2D eigenvalue weighted by atomic mass is 9.84. The first-order valence-electron chi connectivity index (χ1n) is 8.79. The third-order valence-corrected chi connectivity index (χ3v) is 5.36. The molecule has 4 rings (SSSR count). The molecule has 2 unspecified atom stereocenters. The lowest BCUT2D eigenvalue weighted by molar-refractivity contribution is -0.135. The van der Waals surface area contributed by atoms with E-state index in [1.165, 1.54) is 0 Å². The number of fused-ring (bicyclic) bond motifs is 3. The number of carboxylic acid groups (broad SMARTS) is 2. The van der Waals surface area contributed by atoms with Crippen LogP contribution in [0.2, 0.25) is 5.02 Å². The number of hydrogen-bond acceptors (Lipinski definition) is 4. The van der Waals surface area contributed by atoms with Crippen molar-refractivity contribution in [2.24, 2.45) is 4.99 Å². The molecular weight excluding hydrogens is 380 g/mol. The van der Waals surface area contributed by atoms with Crippen LogP contribution in [0.1, 0.15) is 22.6 Å². The fraction of sp³-hybridized carbons (Fsp3) is 0.190. The van der Waals surface area contributed by atoms with Gasteiger partial charge in [-0.25, -0.2) is 9.59 Å². The van der Waals surface area contributed by atoms with Crippen molar-refractivity contribution in [3.8, 4) is 0 Å². The molecule has 2 heterocycles. The molecule has 0 spiro atoms. The molecule has 0 amide bonds. The van der Waals surface area contributed by atoms with Gasteiger partial charge in [0.25, 0.3) is 0 Å². The summed E-state index contributed by atoms with van der Waals surface area (Å²) in [5.41, 5.74) is 2.95. The maximum Gasteiger partial charge on any atom is 0.334 e. The number of benzene rings is 2. The summed E-state index contributed by atoms with van der Waals surface area (Å²) >= 11 is 6.03. The van der Waals surface area contributed by atoms with Gasteiger partial charge in [-0.05, 0) is 23.3 Å². The van der Waals surface area contributed by atoms with Crippen molar-refractivity contribution in [2.75, 3.05) is 13.1 Å². The Kier molecular flexibility index (Phi) is 4.65. The zero-order chi connectivity index (χ0) is 19.8. The van der Waals surface area contributed by atoms with Gasteiger partial charge in [0.2, 0.25) is 0 Å². The van der Waals surface area contributed by atoms with Gasteiger partial charge in [0.05, 0.1) is 5.57 Å². The third kappa shape index (κ3) is 3.27. The number of aliphatic carboxylic acids is 2. The normalized spacial score (nSPS) is 21.0. The zero-order valence-electron chi connectivity index (χ0n) is 14.7. The summed E-state index contributed by atoms with van der Waals surface area (Å²) in [7, 11) is 0. The molecule has 0 bridgehead atoms. The molecule has 0 radical (unpaired) electrons. The van der Waals surface area contributed by atoms with Crippen LogP contribution in [0, 0.1) is 0 Å². The van der Waals surface area contributed by atoms with Crippen LogP contribution in [0.25, 0.3) is 0 Å². The molecule has 2 aromatic carbocycles. The lowest BCUT2D eigenvalue weighted by Gasteiger charge is -2.34. The Hall–Kier alpha value is -3.12. The quantitative estimate of drug-likeness (QED) is 0.775. The van der Waals surface area contributed by atoms with Gasteiger partial charge in [0.15, 0.2) is 0 Å². The van der Waals surface area contributed by atoms with Crippen molar-refractivity contribution in [1.29, 1.82) is 0 Å². The van der Waals surface area contributed by atoms with E-state index in [2.05, 4.69) is 4.99 Å². The molecule has 2 atom stereocenters. The van der Waals surface area contributed by atoms with Gasteiger partial charge in [0, 0.05) is 35.7 Å². The fourth-order valence-corrected chi connectivity index (χ4v) is 4.00. The number of carbonyl (C=O) groups is 2. The predicted molar refractivity (Wildman–Crippen MR) is 105 cm³/mol. The second-order valence-corrected chi connectivity index (χ2v) is 7.24. The average Bonchev–Trinajstić information content (AvgIpc) is 3.10. The molecule has 2 aromatic rings. The van der Waals surface area contributed by atoms with Crippen molar-refractivity contribution < 1.29 is 19.8 Å². The van der Waals surface area contributed by atoms with Crippen LogP contribution in [-0.2, 0) is 9.59 Å². The van der Waals surface area contributed by atoms with E-state index in [-0.39, 0.29) is 11.5 Å². The Labute approximate surface area is 166 Å². The topological polar surface area (TPSA) is 90.2 Å².